The highest BCUT2D eigenvalue weighted by Crippen LogP contribution is 2.36. The zero-order chi connectivity index (χ0) is 21.3. The van der Waals surface area contributed by atoms with Crippen molar-refractivity contribution in [1.29, 1.82) is 0 Å². The third-order valence-corrected chi connectivity index (χ3v) is 5.24. The Bertz CT molecular complexity index is 1070. The van der Waals surface area contributed by atoms with Crippen LogP contribution in [-0.4, -0.2) is 56.5 Å². The van der Waals surface area contributed by atoms with E-state index in [0.29, 0.717) is 18.8 Å². The number of fused-ring (bicyclic) bond motifs is 1. The second-order valence-corrected chi connectivity index (χ2v) is 7.16. The molecule has 1 aliphatic heterocycles. The van der Waals surface area contributed by atoms with Gasteiger partial charge in [-0.25, -0.2) is 18.3 Å². The van der Waals surface area contributed by atoms with Crippen LogP contribution >= 0.6 is 0 Å². The summed E-state index contributed by atoms with van der Waals surface area (Å²) in [5.41, 5.74) is 0.732. The van der Waals surface area contributed by atoms with Crippen molar-refractivity contribution in [2.24, 2.45) is 0 Å². The Balaban J connectivity index is 1.67. The van der Waals surface area contributed by atoms with Gasteiger partial charge in [0.1, 0.15) is 23.0 Å². The Morgan fingerprint density at radius 2 is 2.07 bits per heavy atom. The van der Waals surface area contributed by atoms with E-state index in [4.69, 9.17) is 0 Å². The van der Waals surface area contributed by atoms with Gasteiger partial charge in [-0.3, -0.25) is 4.79 Å². The van der Waals surface area contributed by atoms with Crippen LogP contribution in [0.5, 0.6) is 0 Å². The molecule has 3 heterocycles. The van der Waals surface area contributed by atoms with E-state index in [0.717, 1.165) is 18.6 Å². The molecule has 1 atom stereocenters. The van der Waals surface area contributed by atoms with E-state index in [9.17, 15) is 23.8 Å². The maximum Gasteiger partial charge on any atom is 0.257 e. The molecule has 2 aromatic heterocycles. The van der Waals surface area contributed by atoms with Gasteiger partial charge in [-0.05, 0) is 37.1 Å². The summed E-state index contributed by atoms with van der Waals surface area (Å²) in [7, 11) is 0. The predicted octanol–water partition coefficient (Wildman–Crippen LogP) is 1.43. The monoisotopic (exact) mass is 417 g/mol. The number of anilines is 1. The molecule has 1 aromatic carbocycles. The third kappa shape index (κ3) is 3.71. The Hall–Kier alpha value is -3.11. The van der Waals surface area contributed by atoms with E-state index in [2.05, 4.69) is 15.4 Å². The van der Waals surface area contributed by atoms with E-state index in [1.807, 2.05) is 4.90 Å². The lowest BCUT2D eigenvalue weighted by atomic mass is 10.0. The fourth-order valence-electron chi connectivity index (χ4n) is 3.73. The summed E-state index contributed by atoms with van der Waals surface area (Å²) in [5, 5.41) is 25.0. The number of carbonyl (C=O) groups is 1. The third-order valence-electron chi connectivity index (χ3n) is 5.24. The average molecular weight is 417 g/mol. The lowest BCUT2D eigenvalue weighted by Gasteiger charge is -2.26. The van der Waals surface area contributed by atoms with Crippen molar-refractivity contribution < 1.29 is 23.8 Å². The number of aliphatic hydroxyl groups excluding tert-OH is 2. The summed E-state index contributed by atoms with van der Waals surface area (Å²) in [5.74, 6) is -0.988. The maximum atomic E-state index is 14.4. The van der Waals surface area contributed by atoms with Gasteiger partial charge in [0.2, 0.25) is 0 Å². The van der Waals surface area contributed by atoms with Crippen molar-refractivity contribution in [2.75, 3.05) is 24.7 Å². The number of amides is 1. The first-order valence-electron chi connectivity index (χ1n) is 9.60. The van der Waals surface area contributed by atoms with E-state index in [1.54, 1.807) is 12.3 Å². The summed E-state index contributed by atoms with van der Waals surface area (Å²) in [6, 6.07) is 3.96. The van der Waals surface area contributed by atoms with Crippen LogP contribution < -0.4 is 10.2 Å². The number of aliphatic hydroxyl groups is 2. The minimum Gasteiger partial charge on any atom is -0.394 e. The quantitative estimate of drug-likeness (QED) is 0.561. The van der Waals surface area contributed by atoms with Crippen LogP contribution in [0.3, 0.4) is 0 Å². The van der Waals surface area contributed by atoms with Crippen LogP contribution in [0.1, 0.15) is 34.8 Å². The number of aromatic nitrogens is 3. The van der Waals surface area contributed by atoms with Gasteiger partial charge in [-0.15, -0.1) is 0 Å². The van der Waals surface area contributed by atoms with Crippen LogP contribution in [0.2, 0.25) is 0 Å². The first kappa shape index (κ1) is 20.2. The van der Waals surface area contributed by atoms with Gasteiger partial charge in [-0.1, -0.05) is 0 Å². The number of rotatable bonds is 6. The highest BCUT2D eigenvalue weighted by molar-refractivity contribution is 5.99. The van der Waals surface area contributed by atoms with Crippen LogP contribution in [0.25, 0.3) is 5.65 Å². The van der Waals surface area contributed by atoms with Gasteiger partial charge >= 0.3 is 0 Å². The van der Waals surface area contributed by atoms with Crippen molar-refractivity contribution >= 4 is 17.4 Å². The Morgan fingerprint density at radius 3 is 2.83 bits per heavy atom. The van der Waals surface area contributed by atoms with Crippen LogP contribution in [0.15, 0.2) is 36.7 Å². The summed E-state index contributed by atoms with van der Waals surface area (Å²) in [6.07, 6.45) is 4.42. The molecule has 3 aromatic rings. The zero-order valence-electron chi connectivity index (χ0n) is 16.0. The number of benzene rings is 1. The van der Waals surface area contributed by atoms with Crippen molar-refractivity contribution in [2.45, 2.75) is 24.9 Å². The average Bonchev–Trinajstić information content (AvgIpc) is 3.40. The van der Waals surface area contributed by atoms with Gasteiger partial charge < -0.3 is 20.4 Å². The highest BCUT2D eigenvalue weighted by atomic mass is 19.1. The van der Waals surface area contributed by atoms with Gasteiger partial charge in [0.25, 0.3) is 5.91 Å². The molecular weight excluding hydrogens is 396 g/mol. The normalized spacial score (nSPS) is 16.6. The van der Waals surface area contributed by atoms with E-state index < -0.39 is 36.8 Å². The maximum absolute atomic E-state index is 14.4. The number of hydrogen-bond acceptors (Lipinski definition) is 6. The van der Waals surface area contributed by atoms with E-state index in [-0.39, 0.29) is 22.8 Å². The SMILES string of the molecule is O=C(NC(CO)CO)c1cnn2ccc(N3CCCC3c3cc(F)ccc3F)nc12. The van der Waals surface area contributed by atoms with E-state index in [1.165, 1.54) is 16.8 Å². The molecular formula is C20H21F2N5O3. The first-order valence-corrected chi connectivity index (χ1v) is 9.60. The van der Waals surface area contributed by atoms with Crippen molar-refractivity contribution in [1.82, 2.24) is 19.9 Å². The molecule has 8 nitrogen and oxygen atoms in total. The second kappa shape index (κ2) is 8.33. The molecule has 1 aliphatic rings. The lowest BCUT2D eigenvalue weighted by Crippen LogP contribution is -2.40. The Morgan fingerprint density at radius 1 is 1.27 bits per heavy atom. The molecule has 30 heavy (non-hydrogen) atoms. The minimum absolute atomic E-state index is 0.177. The smallest absolute Gasteiger partial charge is 0.257 e. The molecule has 0 saturated carbocycles. The summed E-state index contributed by atoms with van der Waals surface area (Å²) in [6.45, 7) is -0.208. The molecule has 1 saturated heterocycles. The second-order valence-electron chi connectivity index (χ2n) is 7.16. The largest absolute Gasteiger partial charge is 0.394 e. The molecule has 0 aliphatic carbocycles. The van der Waals surface area contributed by atoms with Gasteiger partial charge in [0.05, 0.1) is 31.5 Å². The van der Waals surface area contributed by atoms with Crippen LogP contribution in [0, 0.1) is 11.6 Å². The molecule has 1 fully saturated rings. The topological polar surface area (TPSA) is 103 Å². The summed E-state index contributed by atoms with van der Waals surface area (Å²) >= 11 is 0. The summed E-state index contributed by atoms with van der Waals surface area (Å²) in [4.78, 5) is 19.0. The van der Waals surface area contributed by atoms with Crippen molar-refractivity contribution in [3.63, 3.8) is 0 Å². The number of nitrogens with zero attached hydrogens (tertiary/aromatic N) is 4. The molecule has 0 spiro atoms. The van der Waals surface area contributed by atoms with Crippen LogP contribution in [-0.2, 0) is 0 Å². The predicted molar refractivity (Wildman–Crippen MR) is 104 cm³/mol. The molecule has 158 valence electrons. The molecule has 10 heteroatoms. The molecule has 0 radical (unpaired) electrons. The standard InChI is InChI=1S/C20H21F2N5O3/c21-12-3-4-16(22)14(8-12)17-2-1-6-26(17)18-5-7-27-19(25-18)15(9-23-27)20(30)24-13(10-28)11-29/h3-5,7-9,13,17,28-29H,1-2,6,10-11H2,(H,24,30). The molecule has 1 unspecified atom stereocenters. The van der Waals surface area contributed by atoms with Gasteiger partial charge in [0.15, 0.2) is 5.65 Å². The first-order chi connectivity index (χ1) is 14.5. The highest BCUT2D eigenvalue weighted by Gasteiger charge is 2.30. The number of halogens is 2. The van der Waals surface area contributed by atoms with Gasteiger partial charge in [0, 0.05) is 18.3 Å². The number of hydrogen-bond donors (Lipinski definition) is 3. The van der Waals surface area contributed by atoms with Crippen LogP contribution in [0.4, 0.5) is 14.6 Å². The molecule has 3 N–H and O–H groups in total. The van der Waals surface area contributed by atoms with Crippen molar-refractivity contribution in [3.05, 3.63) is 59.4 Å². The fraction of sp³-hybridized carbons (Fsp3) is 0.350. The molecule has 4 rings (SSSR count). The van der Waals surface area contributed by atoms with E-state index >= 15 is 0 Å². The summed E-state index contributed by atoms with van der Waals surface area (Å²) < 4.78 is 29.5. The van der Waals surface area contributed by atoms with Crippen molar-refractivity contribution in [3.8, 4) is 0 Å². The lowest BCUT2D eigenvalue weighted by molar-refractivity contribution is 0.0881. The van der Waals surface area contributed by atoms with Gasteiger partial charge in [-0.2, -0.15) is 5.10 Å². The molecule has 0 bridgehead atoms. The Kier molecular flexibility index (Phi) is 5.60. The minimum atomic E-state index is -0.797. The number of carbonyl (C=O) groups excluding carboxylic acids is 1. The zero-order valence-corrected chi connectivity index (χ0v) is 16.0. The fourth-order valence-corrected chi connectivity index (χ4v) is 3.73. The number of nitrogens with one attached hydrogen (secondary N) is 1. The Labute approximate surface area is 170 Å². The molecule has 1 amide bonds.